The van der Waals surface area contributed by atoms with E-state index in [0.29, 0.717) is 0 Å². The van der Waals surface area contributed by atoms with Crippen molar-refractivity contribution in [1.29, 1.82) is 0 Å². The molecule has 0 nitrogen and oxygen atoms in total. The number of hydrogen-bond acceptors (Lipinski definition) is 0. The van der Waals surface area contributed by atoms with E-state index in [-0.39, 0.29) is 74.5 Å². The Morgan fingerprint density at radius 1 is 0.800 bits per heavy atom. The van der Waals surface area contributed by atoms with Crippen molar-refractivity contribution in [3.63, 3.8) is 0 Å². The minimum absolute atomic E-state index is 0. The van der Waals surface area contributed by atoms with Crippen LogP contribution < -0.4 is 0 Å². The first-order valence-electron chi connectivity index (χ1n) is 0. The van der Waals surface area contributed by atoms with Crippen LogP contribution in [0.25, 0.3) is 0 Å². The zero-order valence-corrected chi connectivity index (χ0v) is 3.95. The summed E-state index contributed by atoms with van der Waals surface area (Å²) < 4.78 is 0. The van der Waals surface area contributed by atoms with Gasteiger partial charge in [0.2, 0.25) is 0 Å². The maximum absolute atomic E-state index is 0. The molecule has 0 radical (unpaired) electrons. The van der Waals surface area contributed by atoms with Gasteiger partial charge in [-0.15, -0.1) is 24.8 Å². The molecule has 0 aromatic heterocycles. The minimum atomic E-state index is 0. The fourth-order valence-corrected chi connectivity index (χ4v) is 0. The molecule has 0 saturated carbocycles. The molecule has 0 saturated heterocycles. The Balaban J connectivity index is 0. The molecule has 0 aliphatic carbocycles. The molecule has 0 amide bonds. The molecule has 0 atom stereocenters. The normalized spacial score (nSPS) is 0. The van der Waals surface area contributed by atoms with Crippen molar-refractivity contribution in [2.45, 2.75) is 0 Å². The zero-order chi connectivity index (χ0) is 0. The second-order valence-electron chi connectivity index (χ2n) is 0. The fourth-order valence-electron chi connectivity index (χ4n) is 0. The van der Waals surface area contributed by atoms with Gasteiger partial charge in [0.05, 0.1) is 0 Å². The van der Waals surface area contributed by atoms with Crippen LogP contribution in [0.3, 0.4) is 0 Å². The molecule has 0 aromatic rings. The topological polar surface area (TPSA) is 0 Å². The molecule has 0 heterocycles. The summed E-state index contributed by atoms with van der Waals surface area (Å²) in [4.78, 5) is 0. The predicted octanol–water partition coefficient (Wildman–Crippen LogP) is -0.876. The molecule has 0 spiro atoms. The Labute approximate surface area is 74.0 Å². The van der Waals surface area contributed by atoms with Crippen LogP contribution in [0.15, 0.2) is 0 Å². The van der Waals surface area contributed by atoms with Crippen molar-refractivity contribution in [2.24, 2.45) is 0 Å². The van der Waals surface area contributed by atoms with Crippen molar-refractivity contribution in [2.75, 3.05) is 0 Å². The quantitative estimate of drug-likeness (QED) is 0.388. The van der Waals surface area contributed by atoms with Gasteiger partial charge in [-0.2, -0.15) is 13.5 Å². The summed E-state index contributed by atoms with van der Waals surface area (Å²) in [5.41, 5.74) is 0. The SMILES string of the molecule is Cl.Cl.S.[AlH3].[LiH]. The average Bonchev–Trinajstić information content (AvgIpc) is 0. The third kappa shape index (κ3) is 23.5. The molecule has 0 aliphatic heterocycles. The molecular weight excluding hydrogens is 137 g/mol. The van der Waals surface area contributed by atoms with E-state index in [1.807, 2.05) is 0 Å². The summed E-state index contributed by atoms with van der Waals surface area (Å²) >= 11 is 0. The Morgan fingerprint density at radius 2 is 0.800 bits per heavy atom. The fraction of sp³-hybridized carbons (Fsp3) is 0. The average molecular weight is 145 g/mol. The maximum atomic E-state index is 0. The van der Waals surface area contributed by atoms with Crippen LogP contribution in [0.2, 0.25) is 0 Å². The van der Waals surface area contributed by atoms with Gasteiger partial charge in [0, 0.05) is 0 Å². The zero-order valence-electron chi connectivity index (χ0n) is 1.32. The van der Waals surface area contributed by atoms with Crippen LogP contribution in [0, 0.1) is 0 Å². The standard InChI is InChI=1S/Al.2ClH.Li.H2S.4H/h;2*1H;;1H2;;;;. The van der Waals surface area contributed by atoms with Crippen LogP contribution >= 0.6 is 38.3 Å². The Bertz CT molecular complexity index is 9.61. The molecule has 0 N–H and O–H groups in total. The van der Waals surface area contributed by atoms with Gasteiger partial charge in [-0.25, -0.2) is 0 Å². The van der Waals surface area contributed by atoms with Crippen molar-refractivity contribution >= 4 is 74.5 Å². The van der Waals surface area contributed by atoms with Crippen molar-refractivity contribution in [1.82, 2.24) is 0 Å². The Kier molecular flexibility index (Phi) is 447. The van der Waals surface area contributed by atoms with Gasteiger partial charge < -0.3 is 0 Å². The summed E-state index contributed by atoms with van der Waals surface area (Å²) in [5.74, 6) is 0. The van der Waals surface area contributed by atoms with Gasteiger partial charge in [-0.05, 0) is 0 Å². The molecule has 0 aliphatic rings. The van der Waals surface area contributed by atoms with Gasteiger partial charge >= 0.3 is 18.9 Å². The van der Waals surface area contributed by atoms with E-state index in [1.165, 1.54) is 0 Å². The van der Waals surface area contributed by atoms with Crippen molar-refractivity contribution in [3.8, 4) is 0 Å². The van der Waals surface area contributed by atoms with Gasteiger partial charge in [0.15, 0.2) is 17.4 Å². The van der Waals surface area contributed by atoms with Gasteiger partial charge in [0.1, 0.15) is 0 Å². The Hall–Kier alpha value is 2.06. The molecule has 0 fully saturated rings. The van der Waals surface area contributed by atoms with E-state index in [0.717, 1.165) is 0 Å². The van der Waals surface area contributed by atoms with E-state index < -0.39 is 0 Å². The van der Waals surface area contributed by atoms with Gasteiger partial charge in [0.25, 0.3) is 0 Å². The Morgan fingerprint density at radius 3 is 0.800 bits per heavy atom. The molecule has 0 aromatic carbocycles. The van der Waals surface area contributed by atoms with E-state index >= 15 is 0 Å². The molecule has 0 unspecified atom stereocenters. The first-order chi connectivity index (χ1) is 0. The van der Waals surface area contributed by atoms with Crippen LogP contribution in [0.1, 0.15) is 0 Å². The van der Waals surface area contributed by atoms with Crippen LogP contribution in [0.5, 0.6) is 0 Å². The summed E-state index contributed by atoms with van der Waals surface area (Å²) in [6, 6.07) is 0. The van der Waals surface area contributed by atoms with Gasteiger partial charge in [-0.1, -0.05) is 0 Å². The van der Waals surface area contributed by atoms with Crippen molar-refractivity contribution in [3.05, 3.63) is 0 Å². The van der Waals surface area contributed by atoms with Crippen LogP contribution in [-0.4, -0.2) is 36.2 Å². The summed E-state index contributed by atoms with van der Waals surface area (Å²) in [6.07, 6.45) is 0. The monoisotopic (exact) mass is 144 g/mol. The van der Waals surface area contributed by atoms with Crippen LogP contribution in [-0.2, 0) is 0 Å². The van der Waals surface area contributed by atoms with E-state index in [1.54, 1.807) is 0 Å². The molecule has 0 rings (SSSR count). The number of hydrogen-bond donors (Lipinski definition) is 0. The predicted molar refractivity (Wildman–Crippen MR) is 42.0 cm³/mol. The van der Waals surface area contributed by atoms with Gasteiger partial charge in [-0.3, -0.25) is 0 Å². The molecule has 32 valence electrons. The first kappa shape index (κ1) is 61.1. The van der Waals surface area contributed by atoms with E-state index in [9.17, 15) is 0 Å². The summed E-state index contributed by atoms with van der Waals surface area (Å²) in [7, 11) is 0. The molecule has 5 heteroatoms. The second kappa shape index (κ2) is 36.6. The molecule has 0 bridgehead atoms. The number of rotatable bonds is 0. The third-order valence-corrected chi connectivity index (χ3v) is 0. The summed E-state index contributed by atoms with van der Waals surface area (Å²) in [6.45, 7) is 0. The molecular formula is H8AlCl2LiS. The second-order valence-corrected chi connectivity index (χ2v) is 0. The first-order valence-corrected chi connectivity index (χ1v) is 0. The summed E-state index contributed by atoms with van der Waals surface area (Å²) in [5, 5.41) is 0. The van der Waals surface area contributed by atoms with Crippen molar-refractivity contribution < 1.29 is 0 Å². The van der Waals surface area contributed by atoms with E-state index in [4.69, 9.17) is 0 Å². The molecule has 5 heavy (non-hydrogen) atoms. The third-order valence-electron chi connectivity index (χ3n) is 0. The number of halogens is 2. The van der Waals surface area contributed by atoms with Crippen LogP contribution in [0.4, 0.5) is 0 Å². The van der Waals surface area contributed by atoms with E-state index in [2.05, 4.69) is 0 Å².